The van der Waals surface area contributed by atoms with Crippen molar-refractivity contribution in [3.05, 3.63) is 12.2 Å². The van der Waals surface area contributed by atoms with Gasteiger partial charge in [-0.15, -0.1) is 0 Å². The van der Waals surface area contributed by atoms with Gasteiger partial charge in [-0.05, 0) is 38.5 Å². The Morgan fingerprint density at radius 1 is 0.625 bits per heavy atom. The van der Waals surface area contributed by atoms with Crippen LogP contribution >= 0.6 is 0 Å². The van der Waals surface area contributed by atoms with Gasteiger partial charge in [-0.1, -0.05) is 82.8 Å². The molecular formula is C22H40O2. The number of aliphatic hydroxyl groups is 1. The van der Waals surface area contributed by atoms with Gasteiger partial charge in [-0.3, -0.25) is 4.79 Å². The zero-order valence-electron chi connectivity index (χ0n) is 15.8. The van der Waals surface area contributed by atoms with E-state index in [9.17, 15) is 9.90 Å². The Morgan fingerprint density at radius 2 is 1.04 bits per heavy atom. The number of ketones is 1. The summed E-state index contributed by atoms with van der Waals surface area (Å²) in [6.45, 7) is 0. The molecule has 0 saturated heterocycles. The molecule has 0 heterocycles. The van der Waals surface area contributed by atoms with Crippen molar-refractivity contribution in [1.29, 1.82) is 0 Å². The smallest absolute Gasteiger partial charge is 0.161 e. The van der Waals surface area contributed by atoms with Crippen LogP contribution in [0.3, 0.4) is 0 Å². The molecular weight excluding hydrogens is 296 g/mol. The Labute approximate surface area is 150 Å². The second-order valence-corrected chi connectivity index (χ2v) is 7.52. The van der Waals surface area contributed by atoms with Gasteiger partial charge in [0, 0.05) is 6.42 Å². The fraction of sp³-hybridized carbons (Fsp3) is 0.864. The minimum atomic E-state index is -0.701. The molecule has 1 N–H and O–H groups in total. The molecule has 2 nitrogen and oxygen atoms in total. The minimum absolute atomic E-state index is 0.0731. The molecule has 1 aliphatic rings. The van der Waals surface area contributed by atoms with Gasteiger partial charge in [0.15, 0.2) is 5.78 Å². The van der Waals surface area contributed by atoms with Crippen LogP contribution in [0.25, 0.3) is 0 Å². The summed E-state index contributed by atoms with van der Waals surface area (Å²) < 4.78 is 0. The number of hydrogen-bond donors (Lipinski definition) is 1. The van der Waals surface area contributed by atoms with E-state index in [4.69, 9.17) is 0 Å². The summed E-state index contributed by atoms with van der Waals surface area (Å²) in [7, 11) is 0. The van der Waals surface area contributed by atoms with Crippen molar-refractivity contribution >= 4 is 5.78 Å². The number of carbonyl (C=O) groups excluding carboxylic acids is 1. The lowest BCUT2D eigenvalue weighted by Crippen LogP contribution is -2.19. The molecule has 0 bridgehead atoms. The highest BCUT2D eigenvalue weighted by molar-refractivity contribution is 5.82. The van der Waals surface area contributed by atoms with E-state index in [0.717, 1.165) is 25.7 Å². The molecule has 0 saturated carbocycles. The zero-order valence-corrected chi connectivity index (χ0v) is 15.8. The predicted molar refractivity (Wildman–Crippen MR) is 103 cm³/mol. The SMILES string of the molecule is O=C1CCCCCCCCCCC=CCCCCCCCCC1O. The molecule has 1 unspecified atom stereocenters. The molecule has 2 heteroatoms. The monoisotopic (exact) mass is 336 g/mol. The molecule has 140 valence electrons. The molecule has 0 aromatic rings. The Hall–Kier alpha value is -0.630. The molecule has 0 aromatic carbocycles. The first-order valence-corrected chi connectivity index (χ1v) is 10.7. The normalized spacial score (nSPS) is 25.5. The quantitative estimate of drug-likeness (QED) is 0.512. The van der Waals surface area contributed by atoms with Crippen molar-refractivity contribution in [1.82, 2.24) is 0 Å². The summed E-state index contributed by atoms with van der Waals surface area (Å²) in [5.41, 5.74) is 0. The summed E-state index contributed by atoms with van der Waals surface area (Å²) in [6, 6.07) is 0. The van der Waals surface area contributed by atoms with Crippen molar-refractivity contribution in [3.63, 3.8) is 0 Å². The van der Waals surface area contributed by atoms with Gasteiger partial charge in [0.25, 0.3) is 0 Å². The van der Waals surface area contributed by atoms with E-state index in [0.29, 0.717) is 12.8 Å². The average molecular weight is 337 g/mol. The molecule has 0 amide bonds. The highest BCUT2D eigenvalue weighted by atomic mass is 16.3. The average Bonchev–Trinajstić information content (AvgIpc) is 2.58. The van der Waals surface area contributed by atoms with Crippen LogP contribution in [0.5, 0.6) is 0 Å². The van der Waals surface area contributed by atoms with Crippen molar-refractivity contribution in [2.45, 2.75) is 122 Å². The Balaban J connectivity index is 2.21. The number of Topliss-reactive ketones (excluding diaryl/α,β-unsaturated/α-hetero) is 1. The number of hydrogen-bond acceptors (Lipinski definition) is 2. The van der Waals surface area contributed by atoms with Gasteiger partial charge in [0.05, 0.1) is 0 Å². The molecule has 0 aromatic heterocycles. The maximum atomic E-state index is 11.9. The maximum absolute atomic E-state index is 11.9. The predicted octanol–water partition coefficient (Wildman–Crippen LogP) is 6.51. The molecule has 24 heavy (non-hydrogen) atoms. The number of allylic oxidation sites excluding steroid dienone is 2. The van der Waals surface area contributed by atoms with Gasteiger partial charge >= 0.3 is 0 Å². The fourth-order valence-electron chi connectivity index (χ4n) is 3.49. The largest absolute Gasteiger partial charge is 0.385 e. The lowest BCUT2D eigenvalue weighted by Gasteiger charge is -2.09. The highest BCUT2D eigenvalue weighted by Crippen LogP contribution is 2.14. The second kappa shape index (κ2) is 15.9. The lowest BCUT2D eigenvalue weighted by atomic mass is 10.0. The fourth-order valence-corrected chi connectivity index (χ4v) is 3.49. The van der Waals surface area contributed by atoms with Gasteiger partial charge in [0.2, 0.25) is 0 Å². The second-order valence-electron chi connectivity index (χ2n) is 7.52. The van der Waals surface area contributed by atoms with Gasteiger partial charge < -0.3 is 5.11 Å². The minimum Gasteiger partial charge on any atom is -0.385 e. The topological polar surface area (TPSA) is 37.3 Å². The zero-order chi connectivity index (χ0) is 17.3. The van der Waals surface area contributed by atoms with E-state index in [2.05, 4.69) is 12.2 Å². The number of rotatable bonds is 0. The summed E-state index contributed by atoms with van der Waals surface area (Å²) in [5, 5.41) is 9.94. The van der Waals surface area contributed by atoms with Gasteiger partial charge in [0.1, 0.15) is 6.10 Å². The maximum Gasteiger partial charge on any atom is 0.161 e. The Bertz CT molecular complexity index is 322. The molecule has 0 radical (unpaired) electrons. The first kappa shape index (κ1) is 21.4. The van der Waals surface area contributed by atoms with Crippen LogP contribution in [0.15, 0.2) is 12.2 Å². The van der Waals surface area contributed by atoms with E-state index >= 15 is 0 Å². The van der Waals surface area contributed by atoms with Crippen LogP contribution in [0, 0.1) is 0 Å². The molecule has 1 aliphatic carbocycles. The third-order valence-corrected chi connectivity index (χ3v) is 5.18. The molecule has 0 spiro atoms. The van der Waals surface area contributed by atoms with Crippen molar-refractivity contribution in [2.24, 2.45) is 0 Å². The first-order valence-electron chi connectivity index (χ1n) is 10.7. The third kappa shape index (κ3) is 12.8. The van der Waals surface area contributed by atoms with Crippen LogP contribution in [0.4, 0.5) is 0 Å². The van der Waals surface area contributed by atoms with Crippen molar-refractivity contribution < 1.29 is 9.90 Å². The number of aliphatic hydroxyl groups excluding tert-OH is 1. The van der Waals surface area contributed by atoms with E-state index in [1.165, 1.54) is 77.0 Å². The summed E-state index contributed by atoms with van der Waals surface area (Å²) >= 11 is 0. The number of carbonyl (C=O) groups is 1. The van der Waals surface area contributed by atoms with E-state index in [-0.39, 0.29) is 5.78 Å². The van der Waals surface area contributed by atoms with Crippen molar-refractivity contribution in [3.8, 4) is 0 Å². The molecule has 0 aliphatic heterocycles. The van der Waals surface area contributed by atoms with E-state index < -0.39 is 6.10 Å². The molecule has 1 rings (SSSR count). The van der Waals surface area contributed by atoms with Gasteiger partial charge in [-0.2, -0.15) is 0 Å². The van der Waals surface area contributed by atoms with Crippen molar-refractivity contribution in [2.75, 3.05) is 0 Å². The Morgan fingerprint density at radius 3 is 1.58 bits per heavy atom. The first-order chi connectivity index (χ1) is 11.8. The van der Waals surface area contributed by atoms with Crippen LogP contribution < -0.4 is 0 Å². The highest BCUT2D eigenvalue weighted by Gasteiger charge is 2.13. The van der Waals surface area contributed by atoms with E-state index in [1.54, 1.807) is 0 Å². The third-order valence-electron chi connectivity index (χ3n) is 5.18. The Kier molecular flexibility index (Phi) is 14.2. The lowest BCUT2D eigenvalue weighted by molar-refractivity contribution is -0.127. The van der Waals surface area contributed by atoms with Crippen LogP contribution in [0.2, 0.25) is 0 Å². The summed E-state index contributed by atoms with van der Waals surface area (Å²) in [5.74, 6) is 0.0731. The summed E-state index contributed by atoms with van der Waals surface area (Å²) in [6.07, 6.45) is 25.1. The molecule has 1 atom stereocenters. The van der Waals surface area contributed by atoms with E-state index in [1.807, 2.05) is 0 Å². The summed E-state index contributed by atoms with van der Waals surface area (Å²) in [4.78, 5) is 11.9. The van der Waals surface area contributed by atoms with Gasteiger partial charge in [-0.25, -0.2) is 0 Å². The molecule has 0 fully saturated rings. The van der Waals surface area contributed by atoms with Crippen LogP contribution in [-0.2, 0) is 4.79 Å². The van der Waals surface area contributed by atoms with Crippen LogP contribution in [-0.4, -0.2) is 17.0 Å². The van der Waals surface area contributed by atoms with Crippen LogP contribution in [0.1, 0.15) is 116 Å². The standard InChI is InChI=1S/C22H40O2/c23-21-19-17-15-13-11-9-7-5-3-1-2-4-6-8-10-12-14-16-18-20-22(21)24/h1,3,21,23H,2,4-20H2.